The van der Waals surface area contributed by atoms with Crippen molar-refractivity contribution in [3.05, 3.63) is 12.2 Å². The lowest BCUT2D eigenvalue weighted by Gasteiger charge is -2.60. The van der Waals surface area contributed by atoms with Crippen LogP contribution in [0, 0.1) is 46.3 Å². The van der Waals surface area contributed by atoms with Crippen molar-refractivity contribution in [2.75, 3.05) is 7.11 Å². The lowest BCUT2D eigenvalue weighted by Crippen LogP contribution is -2.54. The molecule has 0 aromatic carbocycles. The van der Waals surface area contributed by atoms with E-state index in [0.29, 0.717) is 46.7 Å². The SMILES string of the molecule is COC(=O)CCC[C@@H](C)[C@H]1C=C[C@H]2[C@@H]3CC[C@H]4CC(=O)CC[C@]4(C)[C@H]3CC[C@]12C. The van der Waals surface area contributed by atoms with E-state index in [4.69, 9.17) is 4.74 Å². The molecular formula is C26H40O3. The first-order valence-corrected chi connectivity index (χ1v) is 12.1. The molecule has 4 rings (SSSR count). The fourth-order valence-corrected chi connectivity index (χ4v) is 8.22. The summed E-state index contributed by atoms with van der Waals surface area (Å²) in [5.41, 5.74) is 0.760. The molecule has 0 amide bonds. The zero-order valence-electron chi connectivity index (χ0n) is 18.9. The van der Waals surface area contributed by atoms with E-state index in [1.54, 1.807) is 0 Å². The molecule has 0 radical (unpaired) electrons. The summed E-state index contributed by atoms with van der Waals surface area (Å²) in [7, 11) is 1.48. The molecule has 3 fully saturated rings. The smallest absolute Gasteiger partial charge is 0.305 e. The number of hydrogen-bond donors (Lipinski definition) is 0. The van der Waals surface area contributed by atoms with E-state index in [9.17, 15) is 9.59 Å². The Labute approximate surface area is 177 Å². The molecule has 4 aliphatic rings. The van der Waals surface area contributed by atoms with Crippen LogP contribution in [-0.2, 0) is 14.3 Å². The second-order valence-corrected chi connectivity index (χ2v) is 11.2. The minimum atomic E-state index is -0.0836. The molecule has 29 heavy (non-hydrogen) atoms. The Bertz CT molecular complexity index is 681. The average Bonchev–Trinajstić information content (AvgIpc) is 3.05. The number of rotatable bonds is 5. The Kier molecular flexibility index (Phi) is 5.72. The van der Waals surface area contributed by atoms with Gasteiger partial charge in [0.05, 0.1) is 7.11 Å². The third-order valence-corrected chi connectivity index (χ3v) is 9.95. The quantitative estimate of drug-likeness (QED) is 0.422. The minimum Gasteiger partial charge on any atom is -0.469 e. The highest BCUT2D eigenvalue weighted by Gasteiger charge is 2.59. The second kappa shape index (κ2) is 7.85. The van der Waals surface area contributed by atoms with Crippen LogP contribution in [0.5, 0.6) is 0 Å². The lowest BCUT2D eigenvalue weighted by molar-refractivity contribution is -0.141. The molecule has 162 valence electrons. The Morgan fingerprint density at radius 3 is 2.72 bits per heavy atom. The number of fused-ring (bicyclic) bond motifs is 5. The Morgan fingerprint density at radius 1 is 1.17 bits per heavy atom. The number of hydrogen-bond acceptors (Lipinski definition) is 3. The van der Waals surface area contributed by atoms with Crippen molar-refractivity contribution >= 4 is 11.8 Å². The minimum absolute atomic E-state index is 0.0836. The van der Waals surface area contributed by atoms with Crippen molar-refractivity contribution in [1.82, 2.24) is 0 Å². The van der Waals surface area contributed by atoms with Crippen LogP contribution in [0.2, 0.25) is 0 Å². The van der Waals surface area contributed by atoms with Crippen molar-refractivity contribution in [1.29, 1.82) is 0 Å². The van der Waals surface area contributed by atoms with E-state index in [0.717, 1.165) is 43.9 Å². The van der Waals surface area contributed by atoms with Crippen LogP contribution in [0.4, 0.5) is 0 Å². The molecule has 0 unspecified atom stereocenters. The van der Waals surface area contributed by atoms with Gasteiger partial charge in [-0.15, -0.1) is 0 Å². The van der Waals surface area contributed by atoms with Crippen LogP contribution in [-0.4, -0.2) is 18.9 Å². The molecule has 0 aromatic heterocycles. The Morgan fingerprint density at radius 2 is 1.97 bits per heavy atom. The molecule has 0 aromatic rings. The van der Waals surface area contributed by atoms with Crippen molar-refractivity contribution in [2.24, 2.45) is 46.3 Å². The average molecular weight is 401 g/mol. The number of allylic oxidation sites excluding steroid dienone is 2. The Balaban J connectivity index is 1.45. The summed E-state index contributed by atoms with van der Waals surface area (Å²) in [6.07, 6.45) is 15.7. The Hall–Kier alpha value is -1.12. The highest BCUT2D eigenvalue weighted by Crippen LogP contribution is 2.66. The van der Waals surface area contributed by atoms with Crippen molar-refractivity contribution < 1.29 is 14.3 Å². The van der Waals surface area contributed by atoms with E-state index < -0.39 is 0 Å². The number of ether oxygens (including phenoxy) is 1. The monoisotopic (exact) mass is 400 g/mol. The van der Waals surface area contributed by atoms with Gasteiger partial charge < -0.3 is 4.74 Å². The third kappa shape index (κ3) is 3.51. The molecule has 0 saturated heterocycles. The zero-order chi connectivity index (χ0) is 20.8. The molecule has 0 bridgehead atoms. The van der Waals surface area contributed by atoms with Crippen LogP contribution < -0.4 is 0 Å². The van der Waals surface area contributed by atoms with Gasteiger partial charge in [-0.1, -0.05) is 32.9 Å². The van der Waals surface area contributed by atoms with Gasteiger partial charge in [0, 0.05) is 19.3 Å². The van der Waals surface area contributed by atoms with Crippen molar-refractivity contribution in [3.8, 4) is 0 Å². The van der Waals surface area contributed by atoms with Crippen molar-refractivity contribution in [3.63, 3.8) is 0 Å². The van der Waals surface area contributed by atoms with Gasteiger partial charge in [0.2, 0.25) is 0 Å². The fourth-order valence-electron chi connectivity index (χ4n) is 8.22. The summed E-state index contributed by atoms with van der Waals surface area (Å²) in [5, 5.41) is 0. The van der Waals surface area contributed by atoms with Crippen LogP contribution in [0.25, 0.3) is 0 Å². The topological polar surface area (TPSA) is 43.4 Å². The van der Waals surface area contributed by atoms with E-state index in [2.05, 4.69) is 32.9 Å². The van der Waals surface area contributed by atoms with E-state index in [1.165, 1.54) is 32.8 Å². The van der Waals surface area contributed by atoms with Gasteiger partial charge >= 0.3 is 5.97 Å². The number of Topliss-reactive ketones (excluding diaryl/α,β-unsaturated/α-hetero) is 1. The van der Waals surface area contributed by atoms with Crippen molar-refractivity contribution in [2.45, 2.75) is 85.0 Å². The standard InChI is InChI=1S/C26H40O3/c1-17(6-5-7-24(28)29-4)21-10-11-22-20-9-8-18-16-19(27)12-14-25(18,2)23(20)13-15-26(21,22)3/h10-11,17-18,20-23H,5-9,12-16H2,1-4H3/t17-,18+,20+,21-,22+,23+,25+,26-/m1/s1. The third-order valence-electron chi connectivity index (χ3n) is 9.95. The second-order valence-electron chi connectivity index (χ2n) is 11.2. The fraction of sp³-hybridized carbons (Fsp3) is 0.846. The summed E-state index contributed by atoms with van der Waals surface area (Å²) in [6.45, 7) is 7.46. The molecule has 0 N–H and O–H groups in total. The highest BCUT2D eigenvalue weighted by molar-refractivity contribution is 5.79. The van der Waals surface area contributed by atoms with Gasteiger partial charge in [0.15, 0.2) is 0 Å². The molecule has 3 heteroatoms. The predicted octanol–water partition coefficient (Wildman–Crippen LogP) is 5.97. The predicted molar refractivity (Wildman–Crippen MR) is 115 cm³/mol. The molecule has 0 aliphatic heterocycles. The number of carbonyl (C=O) groups excluding carboxylic acids is 2. The molecular weight excluding hydrogens is 360 g/mol. The summed E-state index contributed by atoms with van der Waals surface area (Å²) < 4.78 is 4.81. The molecule has 4 aliphatic carbocycles. The molecule has 8 atom stereocenters. The van der Waals surface area contributed by atoms with E-state index >= 15 is 0 Å². The van der Waals surface area contributed by atoms with Gasteiger partial charge in [-0.05, 0) is 91.3 Å². The number of esters is 1. The van der Waals surface area contributed by atoms with Gasteiger partial charge in [-0.3, -0.25) is 9.59 Å². The molecule has 3 nitrogen and oxygen atoms in total. The summed E-state index contributed by atoms with van der Waals surface area (Å²) >= 11 is 0. The highest BCUT2D eigenvalue weighted by atomic mass is 16.5. The van der Waals surface area contributed by atoms with Crippen LogP contribution in [0.1, 0.15) is 85.0 Å². The largest absolute Gasteiger partial charge is 0.469 e. The summed E-state index contributed by atoms with van der Waals surface area (Å²) in [4.78, 5) is 23.6. The zero-order valence-corrected chi connectivity index (χ0v) is 18.9. The molecule has 0 heterocycles. The number of carbonyl (C=O) groups is 2. The maximum Gasteiger partial charge on any atom is 0.305 e. The van der Waals surface area contributed by atoms with Crippen LogP contribution in [0.15, 0.2) is 12.2 Å². The van der Waals surface area contributed by atoms with Crippen LogP contribution in [0.3, 0.4) is 0 Å². The van der Waals surface area contributed by atoms with Gasteiger partial charge in [0.25, 0.3) is 0 Å². The van der Waals surface area contributed by atoms with E-state index in [-0.39, 0.29) is 5.97 Å². The summed E-state index contributed by atoms with van der Waals surface area (Å²) in [6, 6.07) is 0. The first-order valence-electron chi connectivity index (χ1n) is 12.1. The van der Waals surface area contributed by atoms with Gasteiger partial charge in [0.1, 0.15) is 5.78 Å². The van der Waals surface area contributed by atoms with Gasteiger partial charge in [-0.2, -0.15) is 0 Å². The maximum atomic E-state index is 12.1. The van der Waals surface area contributed by atoms with Gasteiger partial charge in [-0.25, -0.2) is 0 Å². The van der Waals surface area contributed by atoms with E-state index in [1.807, 2.05) is 0 Å². The molecule has 3 saturated carbocycles. The maximum absolute atomic E-state index is 12.1. The number of methoxy groups -OCH3 is 1. The normalized spacial score (nSPS) is 44.6. The lowest BCUT2D eigenvalue weighted by atomic mass is 9.44. The molecule has 0 spiro atoms. The number of ketones is 1. The van der Waals surface area contributed by atoms with Crippen LogP contribution >= 0.6 is 0 Å². The first kappa shape index (κ1) is 21.1. The summed E-state index contributed by atoms with van der Waals surface area (Å²) in [5.74, 6) is 4.59. The first-order chi connectivity index (χ1) is 13.8.